The van der Waals surface area contributed by atoms with E-state index in [0.717, 1.165) is 69.0 Å². The summed E-state index contributed by atoms with van der Waals surface area (Å²) in [5, 5.41) is 0. The molecular formula is C28H43N. The molecule has 0 amide bonds. The normalized spacial score (nSPS) is 71.3. The van der Waals surface area contributed by atoms with Gasteiger partial charge in [-0.1, -0.05) is 27.7 Å². The highest BCUT2D eigenvalue weighted by atomic mass is 15.0. The topological polar surface area (TPSA) is 26.0 Å². The van der Waals surface area contributed by atoms with Gasteiger partial charge in [-0.15, -0.1) is 0 Å². The molecule has 2 spiro atoms. The first-order valence-electron chi connectivity index (χ1n) is 13.6. The average Bonchev–Trinajstić information content (AvgIpc) is 3.62. The van der Waals surface area contributed by atoms with Crippen LogP contribution in [0.15, 0.2) is 0 Å². The average molecular weight is 394 g/mol. The van der Waals surface area contributed by atoms with Crippen molar-refractivity contribution >= 4 is 0 Å². The van der Waals surface area contributed by atoms with Crippen LogP contribution in [0.5, 0.6) is 0 Å². The lowest BCUT2D eigenvalue weighted by atomic mass is 9.62. The molecule has 29 heavy (non-hydrogen) atoms. The Morgan fingerprint density at radius 2 is 1.66 bits per heavy atom. The molecule has 1 heteroatoms. The van der Waals surface area contributed by atoms with Gasteiger partial charge in [-0.3, -0.25) is 0 Å². The molecule has 0 radical (unpaired) electrons. The lowest BCUT2D eigenvalue weighted by Gasteiger charge is -2.43. The maximum absolute atomic E-state index is 7.18. The highest BCUT2D eigenvalue weighted by Crippen LogP contribution is 3.01. The van der Waals surface area contributed by atoms with Gasteiger partial charge >= 0.3 is 0 Å². The van der Waals surface area contributed by atoms with Crippen LogP contribution in [0, 0.1) is 74.4 Å². The Hall–Kier alpha value is -0.0400. The predicted octanol–water partition coefficient (Wildman–Crippen LogP) is 6.26. The van der Waals surface area contributed by atoms with Crippen molar-refractivity contribution in [3.63, 3.8) is 0 Å². The summed E-state index contributed by atoms with van der Waals surface area (Å²) in [6.45, 7) is 10.3. The number of nitrogens with two attached hydrogens (primary N) is 1. The third-order valence-electron chi connectivity index (χ3n) is 14.7. The molecule has 13 unspecified atom stereocenters. The fourth-order valence-corrected chi connectivity index (χ4v) is 13.0. The monoisotopic (exact) mass is 393 g/mol. The van der Waals surface area contributed by atoms with Crippen molar-refractivity contribution in [1.82, 2.24) is 0 Å². The van der Waals surface area contributed by atoms with Crippen LogP contribution < -0.4 is 5.73 Å². The molecule has 0 bridgehead atoms. The van der Waals surface area contributed by atoms with Gasteiger partial charge in [0.2, 0.25) is 0 Å². The lowest BCUT2D eigenvalue weighted by Crippen LogP contribution is -2.39. The molecule has 8 saturated carbocycles. The molecule has 0 aromatic carbocycles. The fraction of sp³-hybridized carbons (Fsp3) is 1.00. The zero-order valence-corrected chi connectivity index (χ0v) is 19.3. The Balaban J connectivity index is 1.19. The molecule has 1 nitrogen and oxygen atoms in total. The summed E-state index contributed by atoms with van der Waals surface area (Å²) < 4.78 is 0. The largest absolute Gasteiger partial charge is 0.327 e. The van der Waals surface area contributed by atoms with E-state index in [1.807, 2.05) is 0 Å². The van der Waals surface area contributed by atoms with Gasteiger partial charge in [0.05, 0.1) is 0 Å². The van der Waals surface area contributed by atoms with E-state index in [-0.39, 0.29) is 0 Å². The van der Waals surface area contributed by atoms with E-state index in [4.69, 9.17) is 5.73 Å². The van der Waals surface area contributed by atoms with Gasteiger partial charge in [0.15, 0.2) is 0 Å². The SMILES string of the molecule is CCC1(C2CC3CC4(C)C(C)C4C3C(N)CC3C4C(C2)C2(CC)CC342)CC12CC2. The lowest BCUT2D eigenvalue weighted by molar-refractivity contribution is 0.0607. The maximum atomic E-state index is 7.18. The Morgan fingerprint density at radius 1 is 0.897 bits per heavy atom. The van der Waals surface area contributed by atoms with Crippen LogP contribution in [0.3, 0.4) is 0 Å². The molecule has 0 aliphatic heterocycles. The molecule has 8 aliphatic carbocycles. The Kier molecular flexibility index (Phi) is 2.74. The van der Waals surface area contributed by atoms with Crippen LogP contribution in [-0.4, -0.2) is 6.04 Å². The zero-order valence-electron chi connectivity index (χ0n) is 19.3. The first-order chi connectivity index (χ1) is 13.8. The van der Waals surface area contributed by atoms with E-state index in [2.05, 4.69) is 27.7 Å². The minimum absolute atomic E-state index is 0.517. The van der Waals surface area contributed by atoms with Crippen LogP contribution >= 0.6 is 0 Å². The second-order valence-corrected chi connectivity index (χ2v) is 14.4. The van der Waals surface area contributed by atoms with Crippen molar-refractivity contribution in [3.05, 3.63) is 0 Å². The van der Waals surface area contributed by atoms with Crippen molar-refractivity contribution in [2.24, 2.45) is 80.2 Å². The van der Waals surface area contributed by atoms with E-state index in [9.17, 15) is 0 Å². The van der Waals surface area contributed by atoms with Gasteiger partial charge in [-0.25, -0.2) is 0 Å². The second kappa shape index (κ2) is 4.53. The van der Waals surface area contributed by atoms with Crippen molar-refractivity contribution < 1.29 is 0 Å². The summed E-state index contributed by atoms with van der Waals surface area (Å²) in [7, 11) is 0. The van der Waals surface area contributed by atoms with Crippen LogP contribution in [-0.2, 0) is 0 Å². The number of rotatable bonds is 3. The van der Waals surface area contributed by atoms with Gasteiger partial charge in [-0.05, 0) is 139 Å². The summed E-state index contributed by atoms with van der Waals surface area (Å²) >= 11 is 0. The third-order valence-corrected chi connectivity index (χ3v) is 14.7. The van der Waals surface area contributed by atoms with Crippen LogP contribution in [0.4, 0.5) is 0 Å². The summed E-state index contributed by atoms with van der Waals surface area (Å²) in [6.07, 6.45) is 15.4. The molecule has 8 rings (SSSR count). The molecule has 0 heterocycles. The van der Waals surface area contributed by atoms with Crippen molar-refractivity contribution in [2.75, 3.05) is 0 Å². The molecule has 0 saturated heterocycles. The van der Waals surface area contributed by atoms with Crippen LogP contribution in [0.1, 0.15) is 91.9 Å². The second-order valence-electron chi connectivity index (χ2n) is 14.4. The molecular weight excluding hydrogens is 350 g/mol. The molecule has 8 aliphatic rings. The zero-order chi connectivity index (χ0) is 19.8. The van der Waals surface area contributed by atoms with E-state index < -0.39 is 0 Å². The minimum Gasteiger partial charge on any atom is -0.327 e. The van der Waals surface area contributed by atoms with Gasteiger partial charge in [0.25, 0.3) is 0 Å². The van der Waals surface area contributed by atoms with E-state index in [0.29, 0.717) is 11.5 Å². The summed E-state index contributed by atoms with van der Waals surface area (Å²) in [6, 6.07) is 0.517. The molecule has 0 aromatic rings. The summed E-state index contributed by atoms with van der Waals surface area (Å²) in [4.78, 5) is 0. The highest BCUT2D eigenvalue weighted by molar-refractivity contribution is 5.44. The summed E-state index contributed by atoms with van der Waals surface area (Å²) in [5.41, 5.74) is 11.0. The van der Waals surface area contributed by atoms with Crippen molar-refractivity contribution in [3.8, 4) is 0 Å². The van der Waals surface area contributed by atoms with Gasteiger partial charge in [0, 0.05) is 6.04 Å². The maximum Gasteiger partial charge on any atom is 0.00757 e. The van der Waals surface area contributed by atoms with Crippen molar-refractivity contribution in [2.45, 2.75) is 97.9 Å². The Morgan fingerprint density at radius 3 is 2.31 bits per heavy atom. The molecule has 2 N–H and O–H groups in total. The smallest absolute Gasteiger partial charge is 0.00757 e. The van der Waals surface area contributed by atoms with Gasteiger partial charge in [0.1, 0.15) is 0 Å². The quantitative estimate of drug-likeness (QED) is 0.601. The predicted molar refractivity (Wildman–Crippen MR) is 117 cm³/mol. The molecule has 8 fully saturated rings. The summed E-state index contributed by atoms with van der Waals surface area (Å²) in [5.74, 6) is 8.02. The van der Waals surface area contributed by atoms with Crippen LogP contribution in [0.25, 0.3) is 0 Å². The third kappa shape index (κ3) is 1.56. The Bertz CT molecular complexity index is 813. The standard InChI is InChI=1S/C28H43N/c1-5-26(13-25(26)7-8-25)17-9-16-12-24(4)15(3)22(24)21(16)20(29)11-19-23-18(10-17)27(6-2)14-28(19,23)27/h15-23H,5-14,29H2,1-4H3. The first kappa shape index (κ1) is 17.5. The van der Waals surface area contributed by atoms with Gasteiger partial charge in [-0.2, -0.15) is 0 Å². The van der Waals surface area contributed by atoms with Crippen molar-refractivity contribution in [1.29, 1.82) is 0 Å². The number of fused-ring (bicyclic) bond motifs is 4. The van der Waals surface area contributed by atoms with Gasteiger partial charge < -0.3 is 5.73 Å². The highest BCUT2D eigenvalue weighted by Gasteiger charge is 2.96. The van der Waals surface area contributed by atoms with E-state index >= 15 is 0 Å². The first-order valence-corrected chi connectivity index (χ1v) is 13.6. The molecule has 0 aromatic heterocycles. The minimum atomic E-state index is 0.517. The molecule has 13 atom stereocenters. The Labute approximate surface area is 178 Å². The fourth-order valence-electron chi connectivity index (χ4n) is 13.0. The number of hydrogen-bond donors (Lipinski definition) is 1. The van der Waals surface area contributed by atoms with Crippen LogP contribution in [0.2, 0.25) is 0 Å². The number of hydrogen-bond acceptors (Lipinski definition) is 1. The molecule has 160 valence electrons. The van der Waals surface area contributed by atoms with E-state index in [1.165, 1.54) is 25.7 Å². The van der Waals surface area contributed by atoms with E-state index in [1.54, 1.807) is 38.5 Å².